The van der Waals surface area contributed by atoms with Crippen LogP contribution in [0.15, 0.2) is 48.5 Å². The number of anilines is 1. The summed E-state index contributed by atoms with van der Waals surface area (Å²) in [5.41, 5.74) is 2.82. The zero-order valence-electron chi connectivity index (χ0n) is 18.6. The molecule has 1 fully saturated rings. The van der Waals surface area contributed by atoms with Gasteiger partial charge in [0.2, 0.25) is 5.91 Å². The number of nitrogens with one attached hydrogen (secondary N) is 2. The minimum Gasteiger partial charge on any atom is -0.507 e. The van der Waals surface area contributed by atoms with E-state index in [1.54, 1.807) is 38.1 Å². The summed E-state index contributed by atoms with van der Waals surface area (Å²) >= 11 is 0. The fourth-order valence-corrected chi connectivity index (χ4v) is 3.69. The summed E-state index contributed by atoms with van der Waals surface area (Å²) in [7, 11) is 0. The van der Waals surface area contributed by atoms with E-state index in [1.807, 2.05) is 6.07 Å². The highest BCUT2D eigenvalue weighted by atomic mass is 19.1. The first kappa shape index (κ1) is 22.5. The van der Waals surface area contributed by atoms with Crippen molar-refractivity contribution in [1.29, 1.82) is 0 Å². The summed E-state index contributed by atoms with van der Waals surface area (Å²) in [6, 6.07) is 12.2. The number of carbonyl (C=O) groups is 2. The first-order chi connectivity index (χ1) is 15.8. The first-order valence-corrected chi connectivity index (χ1v) is 11.1. The fourth-order valence-electron chi connectivity index (χ4n) is 3.69. The zero-order chi connectivity index (χ0) is 23.5. The highest BCUT2D eigenvalue weighted by molar-refractivity contribution is 5.93. The second kappa shape index (κ2) is 9.44. The van der Waals surface area contributed by atoms with Gasteiger partial charge in [-0.3, -0.25) is 4.79 Å². The lowest BCUT2D eigenvalue weighted by Gasteiger charge is -2.25. The summed E-state index contributed by atoms with van der Waals surface area (Å²) in [5.74, 6) is -0.477. The minimum atomic E-state index is -0.420. The Kier molecular flexibility index (Phi) is 6.44. The number of benzene rings is 2. The predicted octanol–water partition coefficient (Wildman–Crippen LogP) is 5.01. The highest BCUT2D eigenvalue weighted by Gasteiger charge is 2.27. The van der Waals surface area contributed by atoms with Crippen molar-refractivity contribution in [2.24, 2.45) is 5.92 Å². The van der Waals surface area contributed by atoms with Crippen LogP contribution in [0.3, 0.4) is 0 Å². The van der Waals surface area contributed by atoms with Gasteiger partial charge in [-0.1, -0.05) is 32.4 Å². The van der Waals surface area contributed by atoms with Crippen LogP contribution in [0.25, 0.3) is 11.3 Å². The molecule has 0 bridgehead atoms. The Morgan fingerprint density at radius 1 is 1.18 bits per heavy atom. The Balaban J connectivity index is 1.61. The van der Waals surface area contributed by atoms with Crippen LogP contribution in [0.4, 0.5) is 14.9 Å². The second-order valence-electron chi connectivity index (χ2n) is 8.66. The SMILES string of the molecule is CC(C)C(=O)Nc1ccc(O)c(-c2cc(C3CCC3)n(C(=O)NCc3cccc(F)c3)n2)c1. The molecular formula is C25H27FN4O3. The third-order valence-corrected chi connectivity index (χ3v) is 5.85. The van der Waals surface area contributed by atoms with Crippen molar-refractivity contribution in [3.05, 3.63) is 65.6 Å². The molecule has 7 nitrogen and oxygen atoms in total. The maximum Gasteiger partial charge on any atom is 0.342 e. The van der Waals surface area contributed by atoms with E-state index in [0.29, 0.717) is 22.5 Å². The Hall–Kier alpha value is -3.68. The van der Waals surface area contributed by atoms with E-state index in [1.165, 1.54) is 22.9 Å². The van der Waals surface area contributed by atoms with Gasteiger partial charge in [0.05, 0.1) is 11.4 Å². The van der Waals surface area contributed by atoms with Gasteiger partial charge in [-0.25, -0.2) is 9.18 Å². The van der Waals surface area contributed by atoms with Gasteiger partial charge in [0.15, 0.2) is 0 Å². The lowest BCUT2D eigenvalue weighted by atomic mass is 9.82. The number of phenolic OH excluding ortho intramolecular Hbond substituents is 1. The molecule has 0 radical (unpaired) electrons. The molecule has 0 aliphatic heterocycles. The number of carbonyl (C=O) groups excluding carboxylic acids is 2. The predicted molar refractivity (Wildman–Crippen MR) is 123 cm³/mol. The molecule has 2 aromatic carbocycles. The highest BCUT2D eigenvalue weighted by Crippen LogP contribution is 2.39. The molecule has 172 valence electrons. The monoisotopic (exact) mass is 450 g/mol. The Morgan fingerprint density at radius 3 is 2.64 bits per heavy atom. The molecule has 0 spiro atoms. The second-order valence-corrected chi connectivity index (χ2v) is 8.66. The van der Waals surface area contributed by atoms with E-state index in [0.717, 1.165) is 25.0 Å². The van der Waals surface area contributed by atoms with Crippen molar-refractivity contribution in [3.63, 3.8) is 0 Å². The van der Waals surface area contributed by atoms with Crippen molar-refractivity contribution < 1.29 is 19.1 Å². The van der Waals surface area contributed by atoms with Crippen molar-refractivity contribution in [2.45, 2.75) is 45.6 Å². The summed E-state index contributed by atoms with van der Waals surface area (Å²) in [4.78, 5) is 25.0. The largest absolute Gasteiger partial charge is 0.507 e. The molecule has 8 heteroatoms. The van der Waals surface area contributed by atoms with Gasteiger partial charge in [-0.15, -0.1) is 0 Å². The normalized spacial score (nSPS) is 13.6. The molecule has 4 rings (SSSR count). The zero-order valence-corrected chi connectivity index (χ0v) is 18.6. The summed E-state index contributed by atoms with van der Waals surface area (Å²) in [6.45, 7) is 3.76. The average Bonchev–Trinajstić information content (AvgIpc) is 3.16. The lowest BCUT2D eigenvalue weighted by molar-refractivity contribution is -0.118. The smallest absolute Gasteiger partial charge is 0.342 e. The van der Waals surface area contributed by atoms with Crippen LogP contribution < -0.4 is 10.6 Å². The minimum absolute atomic E-state index is 0.00234. The Labute approximate surface area is 191 Å². The number of aromatic nitrogens is 2. The third-order valence-electron chi connectivity index (χ3n) is 5.85. The van der Waals surface area contributed by atoms with Gasteiger partial charge >= 0.3 is 6.03 Å². The number of nitrogens with zero attached hydrogens (tertiary/aromatic N) is 2. The molecule has 3 aromatic rings. The van der Waals surface area contributed by atoms with Crippen LogP contribution in [0.5, 0.6) is 5.75 Å². The van der Waals surface area contributed by atoms with Crippen LogP contribution in [0, 0.1) is 11.7 Å². The molecule has 33 heavy (non-hydrogen) atoms. The van der Waals surface area contributed by atoms with E-state index in [4.69, 9.17) is 0 Å². The molecule has 1 aliphatic carbocycles. The molecule has 3 N–H and O–H groups in total. The number of aromatic hydroxyl groups is 1. The molecular weight excluding hydrogens is 423 g/mol. The maximum atomic E-state index is 13.4. The molecule has 1 aliphatic rings. The third kappa shape index (κ3) is 5.05. The van der Waals surface area contributed by atoms with Crippen LogP contribution in [-0.4, -0.2) is 26.8 Å². The van der Waals surface area contributed by atoms with Crippen molar-refractivity contribution >= 4 is 17.6 Å². The number of amides is 2. The van der Waals surface area contributed by atoms with E-state index in [2.05, 4.69) is 15.7 Å². The Bertz CT molecular complexity index is 1180. The van der Waals surface area contributed by atoms with Gasteiger partial charge < -0.3 is 15.7 Å². The van der Waals surface area contributed by atoms with Crippen LogP contribution >= 0.6 is 0 Å². The summed E-state index contributed by atoms with van der Waals surface area (Å²) in [6.07, 6.45) is 3.00. The molecule has 0 saturated heterocycles. The van der Waals surface area contributed by atoms with E-state index in [9.17, 15) is 19.1 Å². The average molecular weight is 451 g/mol. The molecule has 1 aromatic heterocycles. The van der Waals surface area contributed by atoms with Gasteiger partial charge in [0.25, 0.3) is 0 Å². The van der Waals surface area contributed by atoms with E-state index < -0.39 is 6.03 Å². The van der Waals surface area contributed by atoms with Crippen molar-refractivity contribution in [2.75, 3.05) is 5.32 Å². The van der Waals surface area contributed by atoms with Crippen molar-refractivity contribution in [1.82, 2.24) is 15.1 Å². The molecule has 0 unspecified atom stereocenters. The fraction of sp³-hybridized carbons (Fsp3) is 0.320. The molecule has 0 atom stereocenters. The van der Waals surface area contributed by atoms with Gasteiger partial charge in [-0.05, 0) is 54.8 Å². The molecule has 1 heterocycles. The van der Waals surface area contributed by atoms with Gasteiger partial charge in [-0.2, -0.15) is 9.78 Å². The standard InChI is InChI=1S/C25H27FN4O3/c1-15(2)24(32)28-19-9-10-23(31)20(12-19)21-13-22(17-6-4-7-17)30(29-21)25(33)27-14-16-5-3-8-18(26)11-16/h3,5,8-13,15,17,31H,4,6-7,14H2,1-2H3,(H,27,33)(H,28,32). The van der Waals surface area contributed by atoms with Crippen LogP contribution in [-0.2, 0) is 11.3 Å². The van der Waals surface area contributed by atoms with E-state index in [-0.39, 0.29) is 35.9 Å². The first-order valence-electron chi connectivity index (χ1n) is 11.1. The topological polar surface area (TPSA) is 96.2 Å². The van der Waals surface area contributed by atoms with Crippen LogP contribution in [0.1, 0.15) is 50.3 Å². The van der Waals surface area contributed by atoms with E-state index >= 15 is 0 Å². The van der Waals surface area contributed by atoms with Gasteiger partial charge in [0, 0.05) is 29.6 Å². The molecule has 1 saturated carbocycles. The quantitative estimate of drug-likeness (QED) is 0.460. The number of hydrogen-bond acceptors (Lipinski definition) is 4. The summed E-state index contributed by atoms with van der Waals surface area (Å²) in [5, 5.41) is 20.6. The number of rotatable bonds is 6. The number of halogens is 1. The number of phenols is 1. The van der Waals surface area contributed by atoms with Gasteiger partial charge in [0.1, 0.15) is 11.6 Å². The van der Waals surface area contributed by atoms with Crippen LogP contribution in [0.2, 0.25) is 0 Å². The Morgan fingerprint density at radius 2 is 1.97 bits per heavy atom. The molecule has 2 amide bonds. The van der Waals surface area contributed by atoms with Crippen molar-refractivity contribution in [3.8, 4) is 17.0 Å². The lowest BCUT2D eigenvalue weighted by Crippen LogP contribution is -2.31. The number of hydrogen-bond donors (Lipinski definition) is 3. The maximum absolute atomic E-state index is 13.4. The summed E-state index contributed by atoms with van der Waals surface area (Å²) < 4.78 is 14.8.